The van der Waals surface area contributed by atoms with Crippen molar-refractivity contribution < 1.29 is 4.39 Å². The molecule has 0 spiro atoms. The van der Waals surface area contributed by atoms with Gasteiger partial charge in [-0.05, 0) is 38.0 Å². The van der Waals surface area contributed by atoms with Crippen LogP contribution in [0.2, 0.25) is 0 Å². The molecule has 0 amide bonds. The molecule has 1 unspecified atom stereocenters. The Hall–Kier alpha value is -2.85. The number of dihydropyridines is 1. The number of anilines is 1. The summed E-state index contributed by atoms with van der Waals surface area (Å²) in [5, 5.41) is 13.4. The summed E-state index contributed by atoms with van der Waals surface area (Å²) in [6, 6.07) is -0.389. The third-order valence-electron chi connectivity index (χ3n) is 6.96. The van der Waals surface area contributed by atoms with E-state index < -0.39 is 0 Å². The zero-order chi connectivity index (χ0) is 21.3. The number of nitrogens with two attached hydrogens (primary N) is 1. The van der Waals surface area contributed by atoms with Crippen LogP contribution in [0.3, 0.4) is 0 Å². The molecule has 1 saturated heterocycles. The van der Waals surface area contributed by atoms with Crippen molar-refractivity contribution in [2.24, 2.45) is 17.6 Å². The van der Waals surface area contributed by atoms with Crippen molar-refractivity contribution in [2.75, 3.05) is 24.5 Å². The second kappa shape index (κ2) is 6.57. The molecule has 4 atom stereocenters. The van der Waals surface area contributed by atoms with E-state index in [1.165, 1.54) is 5.01 Å². The first-order valence-corrected chi connectivity index (χ1v) is 11.3. The van der Waals surface area contributed by atoms with Gasteiger partial charge in [-0.15, -0.1) is 11.3 Å². The predicted molar refractivity (Wildman–Crippen MR) is 118 cm³/mol. The van der Waals surface area contributed by atoms with Gasteiger partial charge in [-0.1, -0.05) is 0 Å². The average Bonchev–Trinajstić information content (AvgIpc) is 3.26. The van der Waals surface area contributed by atoms with Gasteiger partial charge in [-0.3, -0.25) is 5.10 Å². The van der Waals surface area contributed by atoms with Gasteiger partial charge in [-0.2, -0.15) is 5.10 Å². The van der Waals surface area contributed by atoms with Gasteiger partial charge >= 0.3 is 0 Å². The number of aromatic amines is 1. The van der Waals surface area contributed by atoms with E-state index in [-0.39, 0.29) is 17.3 Å². The highest BCUT2D eigenvalue weighted by Gasteiger charge is 2.69. The van der Waals surface area contributed by atoms with Gasteiger partial charge in [0, 0.05) is 41.7 Å². The van der Waals surface area contributed by atoms with Crippen molar-refractivity contribution >= 4 is 33.9 Å². The summed E-state index contributed by atoms with van der Waals surface area (Å²) in [6.45, 7) is 6.19. The summed E-state index contributed by atoms with van der Waals surface area (Å²) in [5.41, 5.74) is 9.35. The minimum Gasteiger partial charge on any atom is -0.382 e. The number of rotatable bonds is 4. The molecule has 1 aliphatic carbocycles. The van der Waals surface area contributed by atoms with E-state index in [4.69, 9.17) is 15.7 Å². The number of aromatic nitrogens is 5. The van der Waals surface area contributed by atoms with Crippen molar-refractivity contribution in [1.82, 2.24) is 30.5 Å². The van der Waals surface area contributed by atoms with E-state index in [1.807, 2.05) is 6.92 Å². The van der Waals surface area contributed by atoms with Crippen molar-refractivity contribution in [2.45, 2.75) is 25.3 Å². The maximum absolute atomic E-state index is 14.6. The molecule has 3 aromatic heterocycles. The van der Waals surface area contributed by atoms with Crippen molar-refractivity contribution in [1.29, 1.82) is 0 Å². The fourth-order valence-electron chi connectivity index (χ4n) is 5.18. The van der Waals surface area contributed by atoms with Crippen LogP contribution >= 0.6 is 11.3 Å². The van der Waals surface area contributed by atoms with Crippen LogP contribution in [0.1, 0.15) is 23.3 Å². The molecule has 6 rings (SSSR count). The predicted octanol–water partition coefficient (Wildman–Crippen LogP) is 2.27. The Bertz CT molecular complexity index is 1230. The zero-order valence-electron chi connectivity index (χ0n) is 17.3. The maximum Gasteiger partial charge on any atom is 0.177 e. The molecular formula is C21H23FN8S. The molecule has 3 aliphatic rings. The van der Waals surface area contributed by atoms with Crippen molar-refractivity contribution in [3.8, 4) is 0 Å². The average molecular weight is 439 g/mol. The number of piperidine rings is 1. The highest BCUT2D eigenvalue weighted by molar-refractivity contribution is 7.09. The van der Waals surface area contributed by atoms with Gasteiger partial charge in [-0.25, -0.2) is 19.3 Å². The summed E-state index contributed by atoms with van der Waals surface area (Å²) < 4.78 is 14.6. The first kappa shape index (κ1) is 18.9. The fourth-order valence-corrected chi connectivity index (χ4v) is 6.32. The number of nitrogens with zero attached hydrogens (tertiary/aromatic N) is 5. The normalized spacial score (nSPS) is 29.5. The number of allylic oxidation sites excluding steroid dienone is 2. The third-order valence-corrected chi connectivity index (χ3v) is 8.11. The zero-order valence-corrected chi connectivity index (χ0v) is 18.1. The second-order valence-corrected chi connectivity index (χ2v) is 9.50. The van der Waals surface area contributed by atoms with E-state index in [1.54, 1.807) is 36.7 Å². The Morgan fingerprint density at radius 3 is 2.84 bits per heavy atom. The van der Waals surface area contributed by atoms with E-state index in [9.17, 15) is 4.39 Å². The first-order chi connectivity index (χ1) is 15.0. The number of thiazole rings is 1. The Labute approximate surface area is 182 Å². The van der Waals surface area contributed by atoms with Crippen molar-refractivity contribution in [3.63, 3.8) is 0 Å². The van der Waals surface area contributed by atoms with Crippen LogP contribution < -0.4 is 16.0 Å². The van der Waals surface area contributed by atoms with Crippen LogP contribution in [0, 0.1) is 18.8 Å². The van der Waals surface area contributed by atoms with Crippen LogP contribution in [0.25, 0.3) is 16.7 Å². The molecule has 0 bridgehead atoms. The molecule has 2 fully saturated rings. The van der Waals surface area contributed by atoms with Gasteiger partial charge in [0.15, 0.2) is 5.65 Å². The lowest BCUT2D eigenvalue weighted by atomic mass is 10.0. The minimum absolute atomic E-state index is 0.0101. The van der Waals surface area contributed by atoms with E-state index >= 15 is 0 Å². The number of nitrogens with one attached hydrogen (secondary N) is 2. The van der Waals surface area contributed by atoms with Crippen LogP contribution in [-0.2, 0) is 5.41 Å². The molecule has 31 heavy (non-hydrogen) atoms. The summed E-state index contributed by atoms with van der Waals surface area (Å²) in [6.07, 6.45) is 5.17. The maximum atomic E-state index is 14.6. The number of halogens is 1. The lowest BCUT2D eigenvalue weighted by molar-refractivity contribution is 0.524. The fraction of sp³-hybridized carbons (Fsp3) is 0.429. The summed E-state index contributed by atoms with van der Waals surface area (Å²) in [5.74, 6) is 1.52. The Morgan fingerprint density at radius 2 is 2.13 bits per heavy atom. The van der Waals surface area contributed by atoms with Gasteiger partial charge in [0.1, 0.15) is 27.9 Å². The molecule has 1 saturated carbocycles. The van der Waals surface area contributed by atoms with Crippen molar-refractivity contribution in [3.05, 3.63) is 46.1 Å². The SMILES string of the molecule is Cc1csc([C@]2(CN)[C@@H]3CN(c4cnc5c(C6=C(F)C(C)NC=C6)n[nH]c5n4)C[C@@H]32)n1. The molecule has 5 heterocycles. The molecule has 10 heteroatoms. The van der Waals surface area contributed by atoms with E-state index in [2.05, 4.69) is 30.8 Å². The Balaban J connectivity index is 1.26. The highest BCUT2D eigenvalue weighted by Crippen LogP contribution is 2.63. The summed E-state index contributed by atoms with van der Waals surface area (Å²) in [4.78, 5) is 16.3. The topological polar surface area (TPSA) is 109 Å². The third kappa shape index (κ3) is 2.61. The largest absolute Gasteiger partial charge is 0.382 e. The number of H-pyrrole nitrogens is 1. The van der Waals surface area contributed by atoms with Gasteiger partial charge < -0.3 is 16.0 Å². The van der Waals surface area contributed by atoms with Crippen LogP contribution in [-0.4, -0.2) is 50.8 Å². The van der Waals surface area contributed by atoms with Crippen LogP contribution in [0.5, 0.6) is 0 Å². The lowest BCUT2D eigenvalue weighted by Crippen LogP contribution is -2.35. The molecule has 0 radical (unpaired) electrons. The molecule has 2 aliphatic heterocycles. The summed E-state index contributed by atoms with van der Waals surface area (Å²) in [7, 11) is 0. The van der Waals surface area contributed by atoms with E-state index in [0.29, 0.717) is 40.8 Å². The second-order valence-electron chi connectivity index (χ2n) is 8.64. The summed E-state index contributed by atoms with van der Waals surface area (Å²) >= 11 is 1.72. The molecule has 3 aromatic rings. The monoisotopic (exact) mass is 438 g/mol. The van der Waals surface area contributed by atoms with E-state index in [0.717, 1.165) is 24.6 Å². The Kier molecular flexibility index (Phi) is 4.00. The minimum atomic E-state index is -0.389. The molecule has 160 valence electrons. The van der Waals surface area contributed by atoms with Crippen LogP contribution in [0.4, 0.5) is 10.2 Å². The van der Waals surface area contributed by atoms with Gasteiger partial charge in [0.05, 0.1) is 12.2 Å². The standard InChI is InChI=1S/C21H23FN8S/c1-10-8-31-20(26-10)21(9-23)13-6-30(7-14(13)21)15-5-25-18-17(28-29-19(18)27-15)12-3-4-24-11(2)16(12)22/h3-5,8,11,13-14,24H,6-7,9,23H2,1-2H3,(H,27,28,29)/t11?,13-,14+,21-. The quantitative estimate of drug-likeness (QED) is 0.573. The number of fused-ring (bicyclic) bond motifs is 2. The number of hydrogen-bond donors (Lipinski definition) is 3. The van der Waals surface area contributed by atoms with Gasteiger partial charge in [0.25, 0.3) is 0 Å². The molecular weight excluding hydrogens is 415 g/mol. The van der Waals surface area contributed by atoms with Gasteiger partial charge in [0.2, 0.25) is 0 Å². The Morgan fingerprint density at radius 1 is 1.32 bits per heavy atom. The number of hydrogen-bond acceptors (Lipinski definition) is 8. The smallest absolute Gasteiger partial charge is 0.177 e. The number of aryl methyl sites for hydroxylation is 1. The molecule has 4 N–H and O–H groups in total. The first-order valence-electron chi connectivity index (χ1n) is 10.4. The van der Waals surface area contributed by atoms with Crippen LogP contribution in [0.15, 0.2) is 29.7 Å². The molecule has 0 aromatic carbocycles. The molecule has 8 nitrogen and oxygen atoms in total. The lowest BCUT2D eigenvalue weighted by Gasteiger charge is -2.25. The highest BCUT2D eigenvalue weighted by atomic mass is 32.1.